The van der Waals surface area contributed by atoms with E-state index in [1.807, 2.05) is 19.1 Å². The molecule has 0 bridgehead atoms. The molecule has 0 heterocycles. The summed E-state index contributed by atoms with van der Waals surface area (Å²) in [5.41, 5.74) is 1.72. The fraction of sp³-hybridized carbons (Fsp3) is 0.235. The lowest BCUT2D eigenvalue weighted by Crippen LogP contribution is -2.37. The summed E-state index contributed by atoms with van der Waals surface area (Å²) in [6.45, 7) is 1.44. The number of aryl methyl sites for hydroxylation is 1. The summed E-state index contributed by atoms with van der Waals surface area (Å²) in [4.78, 5) is 12.1. The highest BCUT2D eigenvalue weighted by Gasteiger charge is 2.21. The van der Waals surface area contributed by atoms with E-state index in [-0.39, 0.29) is 12.2 Å². The minimum absolute atomic E-state index is 0.0384. The van der Waals surface area contributed by atoms with Gasteiger partial charge in [0, 0.05) is 18.3 Å². The van der Waals surface area contributed by atoms with E-state index in [2.05, 4.69) is 5.32 Å². The van der Waals surface area contributed by atoms with Gasteiger partial charge in [0.05, 0.1) is 12.8 Å². The summed E-state index contributed by atoms with van der Waals surface area (Å²) < 4.78 is 51.0. The number of benzene rings is 2. The van der Waals surface area contributed by atoms with E-state index in [9.17, 15) is 22.0 Å². The number of halogens is 2. The Morgan fingerprint density at radius 1 is 1.12 bits per heavy atom. The van der Waals surface area contributed by atoms with E-state index in [0.29, 0.717) is 0 Å². The maximum atomic E-state index is 13.2. The van der Waals surface area contributed by atoms with Gasteiger partial charge in [-0.2, -0.15) is 4.31 Å². The maximum Gasteiger partial charge on any atom is 0.239 e. The summed E-state index contributed by atoms with van der Waals surface area (Å²) in [5, 5.41) is 2.36. The average Bonchev–Trinajstić information content (AvgIpc) is 2.51. The van der Waals surface area contributed by atoms with Gasteiger partial charge in [0.15, 0.2) is 11.6 Å². The summed E-state index contributed by atoms with van der Waals surface area (Å²) in [5.74, 6) is -2.78. The molecular weight excluding hydrogens is 350 g/mol. The molecule has 0 aliphatic carbocycles. The molecule has 5 nitrogen and oxygen atoms in total. The van der Waals surface area contributed by atoms with Crippen molar-refractivity contribution in [3.8, 4) is 0 Å². The zero-order valence-corrected chi connectivity index (χ0v) is 14.6. The van der Waals surface area contributed by atoms with Crippen LogP contribution in [0.25, 0.3) is 0 Å². The van der Waals surface area contributed by atoms with Gasteiger partial charge in [0.1, 0.15) is 0 Å². The normalized spacial score (nSPS) is 11.6. The van der Waals surface area contributed by atoms with Crippen LogP contribution in [0.4, 0.5) is 14.5 Å². The van der Waals surface area contributed by atoms with Gasteiger partial charge in [-0.3, -0.25) is 4.79 Å². The highest BCUT2D eigenvalue weighted by molar-refractivity contribution is 7.88. The van der Waals surface area contributed by atoms with Gasteiger partial charge in [0.25, 0.3) is 0 Å². The fourth-order valence-electron chi connectivity index (χ4n) is 2.20. The minimum atomic E-state index is -3.64. The van der Waals surface area contributed by atoms with Crippen LogP contribution in [-0.2, 0) is 21.4 Å². The molecule has 0 atom stereocenters. The monoisotopic (exact) mass is 368 g/mol. The molecule has 8 heteroatoms. The molecule has 1 amide bonds. The average molecular weight is 368 g/mol. The predicted molar refractivity (Wildman–Crippen MR) is 91.4 cm³/mol. The van der Waals surface area contributed by atoms with Gasteiger partial charge in [-0.05, 0) is 30.2 Å². The molecule has 2 aromatic carbocycles. The molecule has 2 aromatic rings. The van der Waals surface area contributed by atoms with E-state index in [1.165, 1.54) is 6.07 Å². The third kappa shape index (κ3) is 5.33. The van der Waals surface area contributed by atoms with Crippen LogP contribution in [0, 0.1) is 18.6 Å². The Balaban J connectivity index is 2.13. The number of rotatable bonds is 6. The van der Waals surface area contributed by atoms with E-state index < -0.39 is 34.1 Å². The molecule has 134 valence electrons. The smallest absolute Gasteiger partial charge is 0.239 e. The van der Waals surface area contributed by atoms with Gasteiger partial charge in [-0.15, -0.1) is 0 Å². The molecule has 0 saturated heterocycles. The van der Waals surface area contributed by atoms with Gasteiger partial charge in [-0.25, -0.2) is 17.2 Å². The number of carbonyl (C=O) groups excluding carboxylic acids is 1. The Kier molecular flexibility index (Phi) is 5.86. The zero-order chi connectivity index (χ0) is 18.6. The number of anilines is 1. The van der Waals surface area contributed by atoms with E-state index in [4.69, 9.17) is 0 Å². The summed E-state index contributed by atoms with van der Waals surface area (Å²) in [7, 11) is -3.64. The number of sulfonamides is 1. The van der Waals surface area contributed by atoms with Crippen molar-refractivity contribution >= 4 is 21.6 Å². The van der Waals surface area contributed by atoms with E-state index in [1.54, 1.807) is 12.1 Å². The Bertz CT molecular complexity index is 885. The first-order valence-electron chi connectivity index (χ1n) is 7.41. The molecule has 0 saturated carbocycles. The van der Waals surface area contributed by atoms with Crippen LogP contribution in [0.15, 0.2) is 42.5 Å². The van der Waals surface area contributed by atoms with Crippen molar-refractivity contribution in [3.63, 3.8) is 0 Å². The van der Waals surface area contributed by atoms with Crippen molar-refractivity contribution in [1.29, 1.82) is 0 Å². The molecule has 0 radical (unpaired) electrons. The van der Waals surface area contributed by atoms with Crippen LogP contribution in [0.5, 0.6) is 0 Å². The maximum absolute atomic E-state index is 13.2. The first-order chi connectivity index (χ1) is 11.7. The lowest BCUT2D eigenvalue weighted by Gasteiger charge is -2.20. The molecule has 0 unspecified atom stereocenters. The van der Waals surface area contributed by atoms with E-state index in [0.717, 1.165) is 33.8 Å². The Morgan fingerprint density at radius 3 is 2.40 bits per heavy atom. The highest BCUT2D eigenvalue weighted by atomic mass is 32.2. The third-order valence-corrected chi connectivity index (χ3v) is 4.80. The molecular formula is C17H18F2N2O3S. The Morgan fingerprint density at radius 2 is 1.80 bits per heavy atom. The topological polar surface area (TPSA) is 66.5 Å². The molecule has 0 spiro atoms. The van der Waals surface area contributed by atoms with Crippen molar-refractivity contribution in [2.24, 2.45) is 0 Å². The molecule has 25 heavy (non-hydrogen) atoms. The number of carbonyl (C=O) groups is 1. The number of nitrogens with zero attached hydrogens (tertiary/aromatic N) is 1. The van der Waals surface area contributed by atoms with Crippen LogP contribution >= 0.6 is 0 Å². The van der Waals surface area contributed by atoms with Gasteiger partial charge >= 0.3 is 0 Å². The van der Waals surface area contributed by atoms with Crippen LogP contribution in [0.2, 0.25) is 0 Å². The van der Waals surface area contributed by atoms with Gasteiger partial charge in [0.2, 0.25) is 15.9 Å². The van der Waals surface area contributed by atoms with Crippen molar-refractivity contribution < 1.29 is 22.0 Å². The fourth-order valence-corrected chi connectivity index (χ4v) is 2.93. The van der Waals surface area contributed by atoms with Crippen LogP contribution in [-0.4, -0.2) is 31.4 Å². The van der Waals surface area contributed by atoms with Crippen LogP contribution < -0.4 is 5.32 Å². The van der Waals surface area contributed by atoms with Gasteiger partial charge < -0.3 is 5.32 Å². The summed E-state index contributed by atoms with van der Waals surface area (Å²) in [6, 6.07) is 10.1. The summed E-state index contributed by atoms with van der Waals surface area (Å²) >= 11 is 0. The van der Waals surface area contributed by atoms with Crippen LogP contribution in [0.3, 0.4) is 0 Å². The Labute approximate surface area is 145 Å². The van der Waals surface area contributed by atoms with Crippen molar-refractivity contribution in [1.82, 2.24) is 4.31 Å². The lowest BCUT2D eigenvalue weighted by atomic mass is 10.1. The largest absolute Gasteiger partial charge is 0.325 e. The standard InChI is InChI=1S/C17H18F2N2O3S/c1-12-5-3-4-6-13(12)10-21(25(2,23)24)11-17(22)20-14-7-8-15(18)16(19)9-14/h3-9H,10-11H2,1-2H3,(H,20,22). The molecule has 0 aliphatic heterocycles. The summed E-state index contributed by atoms with van der Waals surface area (Å²) in [6.07, 6.45) is 1.01. The second-order valence-electron chi connectivity index (χ2n) is 5.63. The number of nitrogens with one attached hydrogen (secondary N) is 1. The Hall–Kier alpha value is -2.32. The molecule has 0 aliphatic rings. The number of amides is 1. The van der Waals surface area contributed by atoms with Gasteiger partial charge in [-0.1, -0.05) is 24.3 Å². The highest BCUT2D eigenvalue weighted by Crippen LogP contribution is 2.15. The minimum Gasteiger partial charge on any atom is -0.325 e. The second-order valence-corrected chi connectivity index (χ2v) is 7.62. The number of hydrogen-bond acceptors (Lipinski definition) is 3. The quantitative estimate of drug-likeness (QED) is 0.853. The molecule has 0 aromatic heterocycles. The lowest BCUT2D eigenvalue weighted by molar-refractivity contribution is -0.116. The van der Waals surface area contributed by atoms with E-state index >= 15 is 0 Å². The zero-order valence-electron chi connectivity index (χ0n) is 13.8. The van der Waals surface area contributed by atoms with Crippen molar-refractivity contribution in [3.05, 3.63) is 65.2 Å². The third-order valence-electron chi connectivity index (χ3n) is 3.60. The molecule has 2 rings (SSSR count). The SMILES string of the molecule is Cc1ccccc1CN(CC(=O)Nc1ccc(F)c(F)c1)S(C)(=O)=O. The second kappa shape index (κ2) is 7.71. The predicted octanol–water partition coefficient (Wildman–Crippen LogP) is 2.67. The first kappa shape index (κ1) is 19.0. The first-order valence-corrected chi connectivity index (χ1v) is 9.26. The van der Waals surface area contributed by atoms with Crippen LogP contribution in [0.1, 0.15) is 11.1 Å². The molecule has 0 fully saturated rings. The number of hydrogen-bond donors (Lipinski definition) is 1. The molecule has 1 N–H and O–H groups in total. The van der Waals surface area contributed by atoms with Crippen molar-refractivity contribution in [2.75, 3.05) is 18.1 Å². The van der Waals surface area contributed by atoms with Crippen molar-refractivity contribution in [2.45, 2.75) is 13.5 Å².